The van der Waals surface area contributed by atoms with E-state index in [1.807, 2.05) is 4.90 Å². The van der Waals surface area contributed by atoms with Gasteiger partial charge in [0.05, 0.1) is 16.8 Å². The topological polar surface area (TPSA) is 110 Å². The number of rotatable bonds is 5. The first kappa shape index (κ1) is 21.5. The Hall–Kier alpha value is -2.72. The number of amides is 1. The van der Waals surface area contributed by atoms with E-state index < -0.39 is 17.6 Å². The molecule has 2 aromatic rings. The molecule has 0 bridgehead atoms. The number of piperidine rings is 1. The summed E-state index contributed by atoms with van der Waals surface area (Å²) < 4.78 is 40.5. The van der Waals surface area contributed by atoms with E-state index in [9.17, 15) is 18.0 Å². The van der Waals surface area contributed by atoms with Crippen molar-refractivity contribution in [2.45, 2.75) is 37.4 Å². The quantitative estimate of drug-likeness (QED) is 0.662. The smallest absolute Gasteiger partial charge is 0.365 e. The molecule has 1 aromatic heterocycles. The SMILES string of the molecule is NC(=O)c1cnc(N2CCC[C@H](N)C2)nc1Cc1cc(C2CNC2)cc(C(F)(F)F)c1. The predicted molar refractivity (Wildman–Crippen MR) is 110 cm³/mol. The number of nitrogens with two attached hydrogens (primary N) is 2. The molecular formula is C21H25F3N6O. The first-order valence-corrected chi connectivity index (χ1v) is 10.3. The number of anilines is 1. The van der Waals surface area contributed by atoms with Gasteiger partial charge in [-0.1, -0.05) is 6.07 Å². The lowest BCUT2D eigenvalue weighted by atomic mass is 9.89. The molecule has 2 aliphatic heterocycles. The Morgan fingerprint density at radius 2 is 2.03 bits per heavy atom. The van der Waals surface area contributed by atoms with E-state index in [-0.39, 0.29) is 23.9 Å². The zero-order valence-electron chi connectivity index (χ0n) is 17.0. The Labute approximate surface area is 178 Å². The van der Waals surface area contributed by atoms with Crippen molar-refractivity contribution in [2.75, 3.05) is 31.1 Å². The van der Waals surface area contributed by atoms with Gasteiger partial charge in [-0.15, -0.1) is 0 Å². The van der Waals surface area contributed by atoms with Gasteiger partial charge in [-0.25, -0.2) is 9.97 Å². The number of benzene rings is 1. The first-order chi connectivity index (χ1) is 14.7. The molecule has 0 spiro atoms. The van der Waals surface area contributed by atoms with E-state index in [2.05, 4.69) is 15.3 Å². The summed E-state index contributed by atoms with van der Waals surface area (Å²) in [6, 6.07) is 4.06. The van der Waals surface area contributed by atoms with Crippen LogP contribution in [0.2, 0.25) is 0 Å². The first-order valence-electron chi connectivity index (χ1n) is 10.3. The van der Waals surface area contributed by atoms with Gasteiger partial charge in [-0.05, 0) is 36.1 Å². The largest absolute Gasteiger partial charge is 0.416 e. The van der Waals surface area contributed by atoms with Crippen molar-refractivity contribution in [3.63, 3.8) is 0 Å². The van der Waals surface area contributed by atoms with Crippen LogP contribution in [0, 0.1) is 0 Å². The molecule has 0 radical (unpaired) electrons. The van der Waals surface area contributed by atoms with Crippen LogP contribution in [-0.4, -0.2) is 48.1 Å². The van der Waals surface area contributed by atoms with Crippen molar-refractivity contribution in [1.29, 1.82) is 0 Å². The molecular weight excluding hydrogens is 409 g/mol. The van der Waals surface area contributed by atoms with Gasteiger partial charge in [0.2, 0.25) is 5.95 Å². The Kier molecular flexibility index (Phi) is 5.85. The van der Waals surface area contributed by atoms with Crippen molar-refractivity contribution >= 4 is 11.9 Å². The van der Waals surface area contributed by atoms with Crippen LogP contribution in [0.1, 0.15) is 51.5 Å². The molecule has 10 heteroatoms. The van der Waals surface area contributed by atoms with E-state index in [1.165, 1.54) is 12.3 Å². The fourth-order valence-electron chi connectivity index (χ4n) is 4.03. The number of carbonyl (C=O) groups excluding carboxylic acids is 1. The molecule has 4 rings (SSSR count). The van der Waals surface area contributed by atoms with Crippen molar-refractivity contribution in [3.05, 3.63) is 52.3 Å². The van der Waals surface area contributed by atoms with Crippen molar-refractivity contribution in [3.8, 4) is 0 Å². The average Bonchev–Trinajstić information content (AvgIpc) is 2.65. The van der Waals surface area contributed by atoms with Crippen molar-refractivity contribution in [1.82, 2.24) is 15.3 Å². The van der Waals surface area contributed by atoms with Gasteiger partial charge >= 0.3 is 6.18 Å². The number of alkyl halides is 3. The molecule has 1 aromatic carbocycles. The summed E-state index contributed by atoms with van der Waals surface area (Å²) in [6.45, 7) is 2.59. The summed E-state index contributed by atoms with van der Waals surface area (Å²) in [4.78, 5) is 22.6. The Balaban J connectivity index is 1.70. The normalized spacial score (nSPS) is 19.9. The predicted octanol–water partition coefficient (Wildman–Crippen LogP) is 1.80. The molecule has 1 atom stereocenters. The zero-order valence-corrected chi connectivity index (χ0v) is 17.0. The van der Waals surface area contributed by atoms with Crippen molar-refractivity contribution in [2.24, 2.45) is 11.5 Å². The summed E-state index contributed by atoms with van der Waals surface area (Å²) in [5.74, 6) is -0.273. The molecule has 0 aliphatic carbocycles. The van der Waals surface area contributed by atoms with Crippen LogP contribution < -0.4 is 21.7 Å². The monoisotopic (exact) mass is 434 g/mol. The molecule has 2 aliphatic rings. The minimum absolute atomic E-state index is 0.00118. The minimum Gasteiger partial charge on any atom is -0.365 e. The number of aromatic nitrogens is 2. The summed E-state index contributed by atoms with van der Waals surface area (Å²) in [5.41, 5.74) is 12.3. The molecule has 7 nitrogen and oxygen atoms in total. The highest BCUT2D eigenvalue weighted by molar-refractivity contribution is 5.93. The van der Waals surface area contributed by atoms with E-state index >= 15 is 0 Å². The second kappa shape index (κ2) is 8.43. The van der Waals surface area contributed by atoms with Crippen LogP contribution in [-0.2, 0) is 12.6 Å². The maximum Gasteiger partial charge on any atom is 0.416 e. The van der Waals surface area contributed by atoms with E-state index in [1.54, 1.807) is 6.07 Å². The zero-order chi connectivity index (χ0) is 22.2. The van der Waals surface area contributed by atoms with Crippen LogP contribution in [0.25, 0.3) is 0 Å². The van der Waals surface area contributed by atoms with Crippen LogP contribution in [0.3, 0.4) is 0 Å². The second-order valence-corrected chi connectivity index (χ2v) is 8.24. The van der Waals surface area contributed by atoms with E-state index in [0.717, 1.165) is 25.5 Å². The minimum atomic E-state index is -4.46. The van der Waals surface area contributed by atoms with Gasteiger partial charge < -0.3 is 21.7 Å². The summed E-state index contributed by atoms with van der Waals surface area (Å²) in [6.07, 6.45) is -1.26. The molecule has 2 saturated heterocycles. The van der Waals surface area contributed by atoms with E-state index in [0.29, 0.717) is 42.4 Å². The molecule has 0 unspecified atom stereocenters. The van der Waals surface area contributed by atoms with Gasteiger partial charge in [0.15, 0.2) is 0 Å². The Morgan fingerprint density at radius 1 is 1.26 bits per heavy atom. The molecule has 31 heavy (non-hydrogen) atoms. The van der Waals surface area contributed by atoms with Crippen LogP contribution in [0.4, 0.5) is 19.1 Å². The Morgan fingerprint density at radius 3 is 2.65 bits per heavy atom. The van der Waals surface area contributed by atoms with Gasteiger partial charge in [-0.3, -0.25) is 4.79 Å². The van der Waals surface area contributed by atoms with Crippen molar-refractivity contribution < 1.29 is 18.0 Å². The average molecular weight is 434 g/mol. The van der Waals surface area contributed by atoms with Crippen LogP contribution in [0.15, 0.2) is 24.4 Å². The molecule has 2 fully saturated rings. The molecule has 166 valence electrons. The number of hydrogen-bond acceptors (Lipinski definition) is 6. The molecule has 5 N–H and O–H groups in total. The fraction of sp³-hybridized carbons (Fsp3) is 0.476. The highest BCUT2D eigenvalue weighted by Crippen LogP contribution is 2.34. The van der Waals surface area contributed by atoms with Gasteiger partial charge in [0, 0.05) is 50.8 Å². The Bertz CT molecular complexity index is 976. The standard InChI is InChI=1S/C21H25F3N6O/c22-21(23,24)15-5-12(4-13(7-15)14-8-27-9-14)6-18-17(19(26)31)10-28-20(29-18)30-3-1-2-16(25)11-30/h4-5,7,10,14,16,27H,1-3,6,8-9,11,25H2,(H2,26,31)/t16-/m0/s1. The maximum absolute atomic E-state index is 13.5. The number of primary amides is 1. The lowest BCUT2D eigenvalue weighted by Crippen LogP contribution is -2.43. The van der Waals surface area contributed by atoms with Crippen LogP contribution >= 0.6 is 0 Å². The lowest BCUT2D eigenvalue weighted by molar-refractivity contribution is -0.137. The fourth-order valence-corrected chi connectivity index (χ4v) is 4.03. The number of nitrogens with zero attached hydrogens (tertiary/aromatic N) is 3. The molecule has 1 amide bonds. The van der Waals surface area contributed by atoms with Gasteiger partial charge in [0.1, 0.15) is 0 Å². The maximum atomic E-state index is 13.5. The number of halogens is 3. The third-order valence-electron chi connectivity index (χ3n) is 5.83. The number of nitrogens with one attached hydrogen (secondary N) is 1. The highest BCUT2D eigenvalue weighted by Gasteiger charge is 2.33. The van der Waals surface area contributed by atoms with Crippen LogP contribution in [0.5, 0.6) is 0 Å². The molecule has 3 heterocycles. The summed E-state index contributed by atoms with van der Waals surface area (Å²) in [5, 5.41) is 3.08. The third-order valence-corrected chi connectivity index (χ3v) is 5.83. The summed E-state index contributed by atoms with van der Waals surface area (Å²) in [7, 11) is 0. The summed E-state index contributed by atoms with van der Waals surface area (Å²) >= 11 is 0. The van der Waals surface area contributed by atoms with E-state index in [4.69, 9.17) is 11.5 Å². The third kappa shape index (κ3) is 4.80. The molecule has 0 saturated carbocycles. The number of carbonyl (C=O) groups is 1. The number of hydrogen-bond donors (Lipinski definition) is 3. The van der Waals surface area contributed by atoms with Gasteiger partial charge in [-0.2, -0.15) is 13.2 Å². The lowest BCUT2D eigenvalue weighted by Gasteiger charge is -2.31. The second-order valence-electron chi connectivity index (χ2n) is 8.24. The van der Waals surface area contributed by atoms with Gasteiger partial charge in [0.25, 0.3) is 5.91 Å². The highest BCUT2D eigenvalue weighted by atomic mass is 19.4.